The van der Waals surface area contributed by atoms with E-state index >= 15 is 0 Å². The quantitative estimate of drug-likeness (QED) is 0.184. The predicted molar refractivity (Wildman–Crippen MR) is 147 cm³/mol. The number of anilines is 1. The van der Waals surface area contributed by atoms with Crippen LogP contribution in [0.25, 0.3) is 5.76 Å². The Balaban J connectivity index is 1.87. The molecule has 3 aliphatic carbocycles. The van der Waals surface area contributed by atoms with Crippen LogP contribution >= 0.6 is 0 Å². The molecule has 41 heavy (non-hydrogen) atoms. The van der Waals surface area contributed by atoms with Gasteiger partial charge in [-0.1, -0.05) is 13.8 Å². The lowest BCUT2D eigenvalue weighted by molar-refractivity contribution is -0.153. The number of likely N-dealkylation sites (N-methyl/N-ethyl adjacent to an activating group) is 2. The van der Waals surface area contributed by atoms with Gasteiger partial charge in [0.1, 0.15) is 22.8 Å². The first-order chi connectivity index (χ1) is 19.2. The molecule has 4 atom stereocenters. The Morgan fingerprint density at radius 1 is 1.17 bits per heavy atom. The first-order valence-electron chi connectivity index (χ1n) is 13.3. The van der Waals surface area contributed by atoms with Crippen LogP contribution in [0, 0.1) is 11.8 Å². The molecule has 4 rings (SSSR count). The van der Waals surface area contributed by atoms with E-state index in [4.69, 9.17) is 10.5 Å². The normalized spacial score (nSPS) is 25.7. The Morgan fingerprint density at radius 2 is 1.80 bits per heavy atom. The number of Topliss-reactive ketones (excluding diaryl/α,β-unsaturated/α-hetero) is 2. The number of rotatable bonds is 8. The zero-order valence-electron chi connectivity index (χ0n) is 23.6. The van der Waals surface area contributed by atoms with Crippen LogP contribution in [0.2, 0.25) is 0 Å². The van der Waals surface area contributed by atoms with Crippen molar-refractivity contribution in [3.63, 3.8) is 0 Å². The zero-order valence-corrected chi connectivity index (χ0v) is 23.6. The fourth-order valence-corrected chi connectivity index (χ4v) is 6.39. The van der Waals surface area contributed by atoms with Crippen LogP contribution in [0.1, 0.15) is 31.4 Å². The van der Waals surface area contributed by atoms with Crippen LogP contribution < -0.4 is 15.8 Å². The lowest BCUT2D eigenvalue weighted by Gasteiger charge is -2.50. The topological polar surface area (TPSA) is 203 Å². The summed E-state index contributed by atoms with van der Waals surface area (Å²) in [4.78, 5) is 55.3. The summed E-state index contributed by atoms with van der Waals surface area (Å²) in [5.74, 6) is -7.70. The predicted octanol–water partition coefficient (Wildman–Crippen LogP) is 0.253. The summed E-state index contributed by atoms with van der Waals surface area (Å²) in [6.45, 7) is 5.11. The minimum atomic E-state index is -2.74. The Kier molecular flexibility index (Phi) is 7.91. The number of phenolic OH excluding ortho intramolecular Hbond substituents is 1. The Bertz CT molecular complexity index is 1400. The molecule has 222 valence electrons. The number of nitrogens with one attached hydrogen (secondary N) is 1. The SMILES string of the molecule is CCN(CC)CC(=O)Nc1cc(OC)c2c(c1O)C(O)=C1C(=O)[C@]3(O)C(O)=C(C(N)=O)C(=O)C(N(C)C)[C@@H]3C[C@@H]1C2. The number of fused-ring (bicyclic) bond motifs is 3. The second kappa shape index (κ2) is 10.8. The van der Waals surface area contributed by atoms with Gasteiger partial charge in [-0.2, -0.15) is 0 Å². The second-order valence-corrected chi connectivity index (χ2v) is 10.8. The van der Waals surface area contributed by atoms with Crippen LogP contribution in [-0.2, 0) is 25.6 Å². The number of hydrogen-bond donors (Lipinski definition) is 6. The number of carbonyl (C=O) groups is 4. The van der Waals surface area contributed by atoms with E-state index in [9.17, 15) is 39.6 Å². The van der Waals surface area contributed by atoms with E-state index in [1.165, 1.54) is 32.2 Å². The summed E-state index contributed by atoms with van der Waals surface area (Å²) >= 11 is 0. The Labute approximate surface area is 236 Å². The number of aliphatic hydroxyl groups excluding tert-OH is 2. The Hall–Kier alpha value is -3.94. The van der Waals surface area contributed by atoms with Gasteiger partial charge in [-0.15, -0.1) is 0 Å². The number of hydrogen-bond acceptors (Lipinski definition) is 11. The van der Waals surface area contributed by atoms with E-state index in [0.29, 0.717) is 18.7 Å². The molecule has 0 saturated heterocycles. The molecule has 0 aromatic heterocycles. The summed E-state index contributed by atoms with van der Waals surface area (Å²) in [7, 11) is 4.44. The summed E-state index contributed by atoms with van der Waals surface area (Å²) < 4.78 is 5.53. The third-order valence-corrected chi connectivity index (χ3v) is 8.44. The number of primary amides is 1. The molecule has 0 spiro atoms. The molecule has 1 aromatic rings. The highest BCUT2D eigenvalue weighted by molar-refractivity contribution is 6.24. The fraction of sp³-hybridized carbons (Fsp3) is 0.500. The minimum Gasteiger partial charge on any atom is -0.508 e. The fourth-order valence-electron chi connectivity index (χ4n) is 6.39. The molecule has 0 aliphatic heterocycles. The molecule has 0 heterocycles. The summed E-state index contributed by atoms with van der Waals surface area (Å²) in [5.41, 5.74) is 1.58. The number of methoxy groups -OCH3 is 1. The highest BCUT2D eigenvalue weighted by atomic mass is 16.5. The molecule has 1 aromatic carbocycles. The van der Waals surface area contributed by atoms with Crippen molar-refractivity contribution >= 4 is 34.8 Å². The molecule has 1 fully saturated rings. The number of ketones is 2. The van der Waals surface area contributed by atoms with Crippen molar-refractivity contribution in [3.8, 4) is 11.5 Å². The van der Waals surface area contributed by atoms with E-state index in [1.807, 2.05) is 18.7 Å². The van der Waals surface area contributed by atoms with E-state index in [-0.39, 0.29) is 42.0 Å². The molecule has 0 radical (unpaired) electrons. The minimum absolute atomic E-state index is 0.0436. The molecule has 7 N–H and O–H groups in total. The monoisotopic (exact) mass is 572 g/mol. The van der Waals surface area contributed by atoms with Crippen molar-refractivity contribution in [2.45, 2.75) is 38.3 Å². The number of aliphatic hydroxyl groups is 3. The molecule has 0 bridgehead atoms. The number of aromatic hydroxyl groups is 1. The lowest BCUT2D eigenvalue weighted by Crippen LogP contribution is -2.65. The van der Waals surface area contributed by atoms with Gasteiger partial charge in [-0.05, 0) is 45.9 Å². The number of nitrogens with two attached hydrogens (primary N) is 1. The first kappa shape index (κ1) is 30.0. The van der Waals surface area contributed by atoms with E-state index in [1.54, 1.807) is 0 Å². The van der Waals surface area contributed by atoms with Gasteiger partial charge in [-0.25, -0.2) is 0 Å². The molecular formula is C28H36N4O9. The number of phenols is 1. The average molecular weight is 573 g/mol. The lowest BCUT2D eigenvalue weighted by atomic mass is 9.57. The summed E-state index contributed by atoms with van der Waals surface area (Å²) in [6, 6.07) is 0.250. The van der Waals surface area contributed by atoms with Gasteiger partial charge in [0.05, 0.1) is 30.9 Å². The van der Waals surface area contributed by atoms with Crippen LogP contribution in [0.3, 0.4) is 0 Å². The summed E-state index contributed by atoms with van der Waals surface area (Å²) in [5, 5.41) is 47.9. The zero-order chi connectivity index (χ0) is 30.5. The van der Waals surface area contributed by atoms with Crippen molar-refractivity contribution in [2.75, 3.05) is 46.2 Å². The van der Waals surface area contributed by atoms with Crippen molar-refractivity contribution in [2.24, 2.45) is 17.6 Å². The van der Waals surface area contributed by atoms with E-state index in [0.717, 1.165) is 0 Å². The van der Waals surface area contributed by atoms with Gasteiger partial charge < -0.3 is 36.2 Å². The number of ether oxygens (including phenoxy) is 1. The number of benzene rings is 1. The molecule has 2 amide bonds. The van der Waals surface area contributed by atoms with Gasteiger partial charge in [-0.3, -0.25) is 29.0 Å². The van der Waals surface area contributed by atoms with Crippen molar-refractivity contribution in [1.82, 2.24) is 9.80 Å². The molecule has 1 saturated carbocycles. The van der Waals surface area contributed by atoms with Crippen LogP contribution in [0.4, 0.5) is 5.69 Å². The summed E-state index contributed by atoms with van der Waals surface area (Å²) in [6.07, 6.45) is 0.0248. The first-order valence-corrected chi connectivity index (χ1v) is 13.3. The molecule has 3 aliphatic rings. The smallest absolute Gasteiger partial charge is 0.255 e. The molecular weight excluding hydrogens is 536 g/mol. The van der Waals surface area contributed by atoms with Crippen LogP contribution in [0.15, 0.2) is 23.0 Å². The van der Waals surface area contributed by atoms with Crippen molar-refractivity contribution < 1.29 is 44.3 Å². The maximum Gasteiger partial charge on any atom is 0.255 e. The van der Waals surface area contributed by atoms with Crippen LogP contribution in [0.5, 0.6) is 11.5 Å². The van der Waals surface area contributed by atoms with Gasteiger partial charge in [0, 0.05) is 23.1 Å². The maximum absolute atomic E-state index is 14.0. The van der Waals surface area contributed by atoms with Gasteiger partial charge in [0.25, 0.3) is 5.91 Å². The maximum atomic E-state index is 14.0. The second-order valence-electron chi connectivity index (χ2n) is 10.8. The number of carbonyl (C=O) groups excluding carboxylic acids is 4. The van der Waals surface area contributed by atoms with Crippen molar-refractivity contribution in [3.05, 3.63) is 34.1 Å². The third-order valence-electron chi connectivity index (χ3n) is 8.44. The number of amides is 2. The van der Waals surface area contributed by atoms with Crippen LogP contribution in [-0.4, -0.2) is 106 Å². The highest BCUT2D eigenvalue weighted by Crippen LogP contribution is 2.54. The standard InChI is InChI=1S/C28H36N4O9/c1-6-32(7-2)11-17(33)30-15-10-16(41-5)13-8-12-9-14-21(31(3)4)24(36)20(27(29)39)26(38)28(14,40)25(37)18(12)23(35)19(13)22(15)34/h10,12,14,21,34-35,38,40H,6-9,11H2,1-5H3,(H2,29,39)(H,30,33)/t12-,14-,21?,28-/m0/s1. The number of nitrogens with zero attached hydrogens (tertiary/aromatic N) is 2. The molecule has 13 heteroatoms. The third kappa shape index (κ3) is 4.53. The van der Waals surface area contributed by atoms with Gasteiger partial charge >= 0.3 is 0 Å². The Morgan fingerprint density at radius 3 is 2.34 bits per heavy atom. The van der Waals surface area contributed by atoms with E-state index < -0.39 is 69.7 Å². The van der Waals surface area contributed by atoms with Gasteiger partial charge in [0.2, 0.25) is 11.7 Å². The average Bonchev–Trinajstić information content (AvgIpc) is 2.90. The largest absolute Gasteiger partial charge is 0.508 e. The molecule has 13 nitrogen and oxygen atoms in total. The van der Waals surface area contributed by atoms with Gasteiger partial charge in [0.15, 0.2) is 17.1 Å². The van der Waals surface area contributed by atoms with E-state index in [2.05, 4.69) is 5.32 Å². The highest BCUT2D eigenvalue weighted by Gasteiger charge is 2.64. The van der Waals surface area contributed by atoms with Crippen molar-refractivity contribution in [1.29, 1.82) is 0 Å². The molecule has 1 unspecified atom stereocenters.